The highest BCUT2D eigenvalue weighted by atomic mass is 16.5. The van der Waals surface area contributed by atoms with Gasteiger partial charge in [0.15, 0.2) is 5.96 Å². The molecule has 1 amide bonds. The van der Waals surface area contributed by atoms with Gasteiger partial charge in [0.1, 0.15) is 11.5 Å². The van der Waals surface area contributed by atoms with Gasteiger partial charge in [-0.2, -0.15) is 0 Å². The molecule has 1 aliphatic rings. The van der Waals surface area contributed by atoms with E-state index in [1.54, 1.807) is 33.2 Å². The zero-order chi connectivity index (χ0) is 20.5. The molecule has 0 saturated heterocycles. The van der Waals surface area contributed by atoms with Gasteiger partial charge < -0.3 is 25.0 Å². The second-order valence-electron chi connectivity index (χ2n) is 7.50. The first-order valence-electron chi connectivity index (χ1n) is 9.90. The molecule has 1 fully saturated rings. The fourth-order valence-electron chi connectivity index (χ4n) is 3.32. The predicted octanol–water partition coefficient (Wildman–Crippen LogP) is 2.41. The second-order valence-corrected chi connectivity index (χ2v) is 7.50. The van der Waals surface area contributed by atoms with Crippen LogP contribution in [0.1, 0.15) is 38.2 Å². The lowest BCUT2D eigenvalue weighted by atomic mass is 9.86. The largest absolute Gasteiger partial charge is 0.497 e. The number of carbonyl (C=O) groups excluding carboxylic acids is 1. The van der Waals surface area contributed by atoms with Gasteiger partial charge in [-0.15, -0.1) is 0 Å². The van der Waals surface area contributed by atoms with Crippen LogP contribution in [-0.4, -0.2) is 57.7 Å². The molecule has 0 bridgehead atoms. The molecule has 28 heavy (non-hydrogen) atoms. The van der Waals surface area contributed by atoms with Crippen molar-refractivity contribution < 1.29 is 14.3 Å². The van der Waals surface area contributed by atoms with Crippen molar-refractivity contribution in [3.05, 3.63) is 23.8 Å². The third-order valence-electron chi connectivity index (χ3n) is 5.24. The Hall–Kier alpha value is -2.44. The summed E-state index contributed by atoms with van der Waals surface area (Å²) in [5.74, 6) is 2.73. The highest BCUT2D eigenvalue weighted by molar-refractivity contribution is 5.86. The molecule has 1 aliphatic carbocycles. The van der Waals surface area contributed by atoms with Crippen LogP contribution in [0.15, 0.2) is 23.2 Å². The van der Waals surface area contributed by atoms with Crippen molar-refractivity contribution in [3.63, 3.8) is 0 Å². The van der Waals surface area contributed by atoms with Crippen LogP contribution in [0, 0.1) is 5.92 Å². The molecule has 156 valence electrons. The molecule has 0 aromatic heterocycles. The molecule has 2 rings (SSSR count). The van der Waals surface area contributed by atoms with E-state index in [4.69, 9.17) is 14.5 Å². The number of nitrogens with zero attached hydrogens (tertiary/aromatic N) is 2. The van der Waals surface area contributed by atoms with Gasteiger partial charge in [0, 0.05) is 31.8 Å². The summed E-state index contributed by atoms with van der Waals surface area (Å²) in [6, 6.07) is 6.07. The first-order valence-corrected chi connectivity index (χ1v) is 9.90. The summed E-state index contributed by atoms with van der Waals surface area (Å²) in [6.45, 7) is 2.92. The minimum Gasteiger partial charge on any atom is -0.497 e. The number of ether oxygens (including phenoxy) is 2. The molecule has 2 unspecified atom stereocenters. The van der Waals surface area contributed by atoms with E-state index in [-0.39, 0.29) is 12.5 Å². The van der Waals surface area contributed by atoms with Crippen LogP contribution in [0.25, 0.3) is 0 Å². The molecule has 0 radical (unpaired) electrons. The Labute approximate surface area is 168 Å². The summed E-state index contributed by atoms with van der Waals surface area (Å²) < 4.78 is 10.7. The van der Waals surface area contributed by atoms with Crippen molar-refractivity contribution in [2.75, 3.05) is 34.9 Å². The van der Waals surface area contributed by atoms with E-state index >= 15 is 0 Å². The molecular weight excluding hydrogens is 356 g/mol. The smallest absolute Gasteiger partial charge is 0.241 e. The summed E-state index contributed by atoms with van der Waals surface area (Å²) >= 11 is 0. The van der Waals surface area contributed by atoms with E-state index in [0.717, 1.165) is 23.5 Å². The van der Waals surface area contributed by atoms with E-state index in [1.165, 1.54) is 19.3 Å². The minimum atomic E-state index is 0.00761. The SMILES string of the molecule is COc1ccc(CN=C(NCC(=O)N(C)C)NC2CCCCC2C)c(OC)c1. The molecular formula is C21H34N4O3. The third-order valence-corrected chi connectivity index (χ3v) is 5.24. The number of hydrogen-bond donors (Lipinski definition) is 2. The Morgan fingerprint density at radius 1 is 1.21 bits per heavy atom. The third kappa shape index (κ3) is 6.32. The Bertz CT molecular complexity index is 676. The van der Waals surface area contributed by atoms with Crippen LogP contribution in [0.4, 0.5) is 0 Å². The number of likely N-dealkylation sites (N-methyl/N-ethyl adjacent to an activating group) is 1. The monoisotopic (exact) mass is 390 g/mol. The first kappa shape index (κ1) is 21.9. The zero-order valence-electron chi connectivity index (χ0n) is 17.7. The van der Waals surface area contributed by atoms with E-state index < -0.39 is 0 Å². The number of aliphatic imine (C=N–C) groups is 1. The van der Waals surface area contributed by atoms with E-state index in [0.29, 0.717) is 24.5 Å². The number of carbonyl (C=O) groups is 1. The maximum absolute atomic E-state index is 12.0. The summed E-state index contributed by atoms with van der Waals surface area (Å²) in [4.78, 5) is 18.3. The molecule has 2 atom stereocenters. The Morgan fingerprint density at radius 2 is 1.96 bits per heavy atom. The number of rotatable bonds is 7. The van der Waals surface area contributed by atoms with Gasteiger partial charge in [-0.05, 0) is 30.9 Å². The summed E-state index contributed by atoms with van der Waals surface area (Å²) in [6.07, 6.45) is 4.84. The molecule has 2 N–H and O–H groups in total. The van der Waals surface area contributed by atoms with Gasteiger partial charge in [-0.1, -0.05) is 19.8 Å². The molecule has 1 aromatic rings. The fourth-order valence-corrected chi connectivity index (χ4v) is 3.32. The molecule has 0 aliphatic heterocycles. The van der Waals surface area contributed by atoms with Gasteiger partial charge in [-0.3, -0.25) is 4.79 Å². The average Bonchev–Trinajstić information content (AvgIpc) is 2.70. The number of benzene rings is 1. The number of hydrogen-bond acceptors (Lipinski definition) is 4. The van der Waals surface area contributed by atoms with E-state index in [1.807, 2.05) is 18.2 Å². The van der Waals surface area contributed by atoms with Crippen LogP contribution in [0.3, 0.4) is 0 Å². The maximum Gasteiger partial charge on any atom is 0.241 e. The van der Waals surface area contributed by atoms with Crippen molar-refractivity contribution in [2.45, 2.75) is 45.2 Å². The first-order chi connectivity index (χ1) is 13.4. The van der Waals surface area contributed by atoms with Crippen molar-refractivity contribution in [3.8, 4) is 11.5 Å². The molecule has 1 aromatic carbocycles. The normalized spacial score (nSPS) is 19.7. The fraction of sp³-hybridized carbons (Fsp3) is 0.619. The van der Waals surface area contributed by atoms with Crippen LogP contribution in [-0.2, 0) is 11.3 Å². The summed E-state index contributed by atoms with van der Waals surface area (Å²) in [5.41, 5.74) is 0.958. The van der Waals surface area contributed by atoms with Gasteiger partial charge in [0.25, 0.3) is 0 Å². The molecule has 0 heterocycles. The summed E-state index contributed by atoms with van der Waals surface area (Å²) in [5, 5.41) is 6.71. The van der Waals surface area contributed by atoms with Crippen molar-refractivity contribution in [2.24, 2.45) is 10.9 Å². The minimum absolute atomic E-state index is 0.00761. The standard InChI is InChI=1S/C21H34N4O3/c1-15-8-6-7-9-18(15)24-21(23-14-20(26)25(2)3)22-13-16-10-11-17(27-4)12-19(16)28-5/h10-12,15,18H,6-9,13-14H2,1-5H3,(H2,22,23,24). The molecule has 7 heteroatoms. The second kappa shape index (κ2) is 10.8. The van der Waals surface area contributed by atoms with Crippen LogP contribution in [0.5, 0.6) is 11.5 Å². The van der Waals surface area contributed by atoms with E-state index in [2.05, 4.69) is 17.6 Å². The number of guanidine groups is 1. The van der Waals surface area contributed by atoms with Gasteiger partial charge >= 0.3 is 0 Å². The Balaban J connectivity index is 2.13. The number of nitrogens with one attached hydrogen (secondary N) is 2. The maximum atomic E-state index is 12.0. The topological polar surface area (TPSA) is 75.2 Å². The molecule has 1 saturated carbocycles. The molecule has 0 spiro atoms. The van der Waals surface area contributed by atoms with Gasteiger partial charge in [0.05, 0.1) is 27.3 Å². The summed E-state index contributed by atoms with van der Waals surface area (Å²) in [7, 11) is 6.77. The van der Waals surface area contributed by atoms with Crippen molar-refractivity contribution in [1.82, 2.24) is 15.5 Å². The number of methoxy groups -OCH3 is 2. The van der Waals surface area contributed by atoms with Gasteiger partial charge in [0.2, 0.25) is 5.91 Å². The highest BCUT2D eigenvalue weighted by Crippen LogP contribution is 2.26. The lowest BCUT2D eigenvalue weighted by Crippen LogP contribution is -2.49. The van der Waals surface area contributed by atoms with Crippen LogP contribution < -0.4 is 20.1 Å². The lowest BCUT2D eigenvalue weighted by Gasteiger charge is -2.31. The van der Waals surface area contributed by atoms with Crippen LogP contribution >= 0.6 is 0 Å². The number of amides is 1. The lowest BCUT2D eigenvalue weighted by molar-refractivity contribution is -0.127. The quantitative estimate of drug-likeness (QED) is 0.552. The van der Waals surface area contributed by atoms with Crippen LogP contribution in [0.2, 0.25) is 0 Å². The molecule has 7 nitrogen and oxygen atoms in total. The van der Waals surface area contributed by atoms with Crippen molar-refractivity contribution >= 4 is 11.9 Å². The van der Waals surface area contributed by atoms with E-state index in [9.17, 15) is 4.79 Å². The Morgan fingerprint density at radius 3 is 2.61 bits per heavy atom. The van der Waals surface area contributed by atoms with Gasteiger partial charge in [-0.25, -0.2) is 4.99 Å². The zero-order valence-corrected chi connectivity index (χ0v) is 17.7. The predicted molar refractivity (Wildman–Crippen MR) is 112 cm³/mol. The Kier molecular flexibility index (Phi) is 8.42. The average molecular weight is 391 g/mol. The van der Waals surface area contributed by atoms with Crippen molar-refractivity contribution in [1.29, 1.82) is 0 Å². The highest BCUT2D eigenvalue weighted by Gasteiger charge is 2.22.